The first-order valence-electron chi connectivity index (χ1n) is 4.76. The van der Waals surface area contributed by atoms with Gasteiger partial charge in [-0.05, 0) is 19.9 Å². The first-order chi connectivity index (χ1) is 6.54. The van der Waals surface area contributed by atoms with Gasteiger partial charge >= 0.3 is 0 Å². The van der Waals surface area contributed by atoms with E-state index in [9.17, 15) is 8.42 Å². The number of hydrogen-bond acceptors (Lipinski definition) is 4. The van der Waals surface area contributed by atoms with Crippen molar-refractivity contribution in [1.82, 2.24) is 4.31 Å². The van der Waals surface area contributed by atoms with Gasteiger partial charge < -0.3 is 10.5 Å². The van der Waals surface area contributed by atoms with Gasteiger partial charge in [0.2, 0.25) is 10.0 Å². The van der Waals surface area contributed by atoms with Gasteiger partial charge in [0.15, 0.2) is 0 Å². The Hall–Kier alpha value is -0.170. The van der Waals surface area contributed by atoms with Crippen LogP contribution in [0.25, 0.3) is 0 Å². The molecule has 6 heteroatoms. The smallest absolute Gasteiger partial charge is 0.216 e. The minimum atomic E-state index is -3.15. The van der Waals surface area contributed by atoms with Crippen molar-refractivity contribution in [2.75, 3.05) is 39.1 Å². The molecule has 2 N–H and O–H groups in total. The molecule has 0 heterocycles. The molecule has 0 aromatic carbocycles. The van der Waals surface area contributed by atoms with E-state index in [-0.39, 0.29) is 12.4 Å². The summed E-state index contributed by atoms with van der Waals surface area (Å²) in [6.07, 6.45) is 0.685. The van der Waals surface area contributed by atoms with E-state index in [1.54, 1.807) is 7.05 Å². The zero-order valence-corrected chi connectivity index (χ0v) is 9.72. The van der Waals surface area contributed by atoms with Gasteiger partial charge in [0.25, 0.3) is 0 Å². The molecule has 0 aromatic rings. The number of sulfonamides is 1. The van der Waals surface area contributed by atoms with Gasteiger partial charge in [-0.1, -0.05) is 0 Å². The van der Waals surface area contributed by atoms with E-state index in [2.05, 4.69) is 0 Å². The maximum atomic E-state index is 11.5. The van der Waals surface area contributed by atoms with Gasteiger partial charge in [0, 0.05) is 20.2 Å². The largest absolute Gasteiger partial charge is 0.381 e. The molecule has 5 nitrogen and oxygen atoms in total. The summed E-state index contributed by atoms with van der Waals surface area (Å²) in [6, 6.07) is 0. The highest BCUT2D eigenvalue weighted by atomic mass is 32.2. The predicted octanol–water partition coefficient (Wildman–Crippen LogP) is -0.367. The van der Waals surface area contributed by atoms with Gasteiger partial charge in [0.05, 0.1) is 12.4 Å². The van der Waals surface area contributed by atoms with Crippen molar-refractivity contribution < 1.29 is 13.2 Å². The summed E-state index contributed by atoms with van der Waals surface area (Å²) in [6.45, 7) is 3.62. The van der Waals surface area contributed by atoms with Crippen LogP contribution < -0.4 is 5.73 Å². The number of hydrogen-bond donors (Lipinski definition) is 1. The third kappa shape index (κ3) is 5.54. The van der Waals surface area contributed by atoms with Gasteiger partial charge in [-0.3, -0.25) is 0 Å². The molecule has 86 valence electrons. The second kappa shape index (κ2) is 7.17. The minimum absolute atomic E-state index is 0.0436. The van der Waals surface area contributed by atoms with Crippen molar-refractivity contribution in [2.24, 2.45) is 5.73 Å². The molecular formula is C8H20N2O3S. The Labute approximate surface area is 86.3 Å². The summed E-state index contributed by atoms with van der Waals surface area (Å²) in [7, 11) is -1.59. The second-order valence-corrected chi connectivity index (χ2v) is 5.17. The molecule has 0 aliphatic rings. The zero-order valence-electron chi connectivity index (χ0n) is 8.90. The van der Waals surface area contributed by atoms with Crippen LogP contribution >= 0.6 is 0 Å². The molecule has 0 atom stereocenters. The number of rotatable bonds is 8. The van der Waals surface area contributed by atoms with E-state index in [0.717, 1.165) is 0 Å². The Morgan fingerprint density at radius 1 is 1.43 bits per heavy atom. The Balaban J connectivity index is 3.91. The minimum Gasteiger partial charge on any atom is -0.381 e. The Kier molecular flexibility index (Phi) is 7.08. The van der Waals surface area contributed by atoms with Crippen molar-refractivity contribution >= 4 is 10.0 Å². The summed E-state index contributed by atoms with van der Waals surface area (Å²) in [5, 5.41) is 0. The van der Waals surface area contributed by atoms with Crippen LogP contribution in [0.2, 0.25) is 0 Å². The van der Waals surface area contributed by atoms with E-state index in [1.165, 1.54) is 4.31 Å². The molecular weight excluding hydrogens is 204 g/mol. The SMILES string of the molecule is CCOCCS(=O)(=O)N(C)CCCN. The Morgan fingerprint density at radius 3 is 2.57 bits per heavy atom. The number of ether oxygens (including phenoxy) is 1. The summed E-state index contributed by atoms with van der Waals surface area (Å²) < 4.78 is 29.4. The Morgan fingerprint density at radius 2 is 2.07 bits per heavy atom. The maximum Gasteiger partial charge on any atom is 0.216 e. The lowest BCUT2D eigenvalue weighted by molar-refractivity contribution is 0.162. The lowest BCUT2D eigenvalue weighted by Gasteiger charge is -2.16. The van der Waals surface area contributed by atoms with E-state index in [0.29, 0.717) is 26.1 Å². The van der Waals surface area contributed by atoms with Crippen LogP contribution in [-0.2, 0) is 14.8 Å². The van der Waals surface area contributed by atoms with E-state index >= 15 is 0 Å². The predicted molar refractivity (Wildman–Crippen MR) is 56.6 cm³/mol. The monoisotopic (exact) mass is 224 g/mol. The van der Waals surface area contributed by atoms with Crippen LogP contribution in [0.15, 0.2) is 0 Å². The van der Waals surface area contributed by atoms with Crippen molar-refractivity contribution in [3.05, 3.63) is 0 Å². The average molecular weight is 224 g/mol. The molecule has 0 unspecified atom stereocenters. The molecule has 0 amide bonds. The maximum absolute atomic E-state index is 11.5. The Bertz CT molecular complexity index is 229. The summed E-state index contributed by atoms with van der Waals surface area (Å²) in [4.78, 5) is 0. The lowest BCUT2D eigenvalue weighted by Crippen LogP contribution is -2.32. The van der Waals surface area contributed by atoms with E-state index in [4.69, 9.17) is 10.5 Å². The standard InChI is InChI=1S/C8H20N2O3S/c1-3-13-7-8-14(11,12)10(2)6-4-5-9/h3-9H2,1-2H3. The van der Waals surface area contributed by atoms with Gasteiger partial charge in [0.1, 0.15) is 0 Å². The van der Waals surface area contributed by atoms with Gasteiger partial charge in [-0.15, -0.1) is 0 Å². The highest BCUT2D eigenvalue weighted by Crippen LogP contribution is 1.99. The zero-order chi connectivity index (χ0) is 11.0. The van der Waals surface area contributed by atoms with Gasteiger partial charge in [-0.2, -0.15) is 0 Å². The molecule has 0 rings (SSSR count). The first kappa shape index (κ1) is 13.8. The van der Waals surface area contributed by atoms with Crippen LogP contribution in [0.5, 0.6) is 0 Å². The molecule has 0 aliphatic carbocycles. The van der Waals surface area contributed by atoms with E-state index < -0.39 is 10.0 Å². The quantitative estimate of drug-likeness (QED) is 0.571. The van der Waals surface area contributed by atoms with Crippen LogP contribution in [0, 0.1) is 0 Å². The number of nitrogens with two attached hydrogens (primary N) is 1. The molecule has 0 bridgehead atoms. The van der Waals surface area contributed by atoms with Crippen molar-refractivity contribution in [1.29, 1.82) is 0 Å². The van der Waals surface area contributed by atoms with Crippen molar-refractivity contribution in [3.8, 4) is 0 Å². The fourth-order valence-corrected chi connectivity index (χ4v) is 1.96. The van der Waals surface area contributed by atoms with Crippen molar-refractivity contribution in [3.63, 3.8) is 0 Å². The third-order valence-corrected chi connectivity index (χ3v) is 3.66. The normalized spacial score (nSPS) is 12.3. The summed E-state index contributed by atoms with van der Waals surface area (Å²) in [5.41, 5.74) is 5.30. The fourth-order valence-electron chi connectivity index (χ4n) is 0.917. The lowest BCUT2D eigenvalue weighted by atomic mass is 10.4. The summed E-state index contributed by atoms with van der Waals surface area (Å²) >= 11 is 0. The van der Waals surface area contributed by atoms with Gasteiger partial charge in [-0.25, -0.2) is 12.7 Å². The molecule has 0 aliphatic heterocycles. The highest BCUT2D eigenvalue weighted by Gasteiger charge is 2.16. The van der Waals surface area contributed by atoms with E-state index in [1.807, 2.05) is 6.92 Å². The molecule has 0 spiro atoms. The summed E-state index contributed by atoms with van der Waals surface area (Å²) in [5.74, 6) is 0.0436. The average Bonchev–Trinajstić information content (AvgIpc) is 2.14. The molecule has 0 saturated heterocycles. The topological polar surface area (TPSA) is 72.6 Å². The molecule has 0 radical (unpaired) electrons. The molecule has 0 fully saturated rings. The molecule has 14 heavy (non-hydrogen) atoms. The third-order valence-electron chi connectivity index (χ3n) is 1.84. The van der Waals surface area contributed by atoms with Crippen LogP contribution in [0.4, 0.5) is 0 Å². The fraction of sp³-hybridized carbons (Fsp3) is 1.00. The van der Waals surface area contributed by atoms with Crippen LogP contribution in [0.3, 0.4) is 0 Å². The van der Waals surface area contributed by atoms with Crippen LogP contribution in [0.1, 0.15) is 13.3 Å². The molecule has 0 saturated carbocycles. The van der Waals surface area contributed by atoms with Crippen molar-refractivity contribution in [2.45, 2.75) is 13.3 Å². The number of nitrogens with zero attached hydrogens (tertiary/aromatic N) is 1. The first-order valence-corrected chi connectivity index (χ1v) is 6.37. The van der Waals surface area contributed by atoms with Crippen LogP contribution in [-0.4, -0.2) is 51.8 Å². The highest BCUT2D eigenvalue weighted by molar-refractivity contribution is 7.89. The molecule has 0 aromatic heterocycles. The second-order valence-electron chi connectivity index (χ2n) is 2.98.